The van der Waals surface area contributed by atoms with E-state index in [2.05, 4.69) is 25.2 Å². The zero-order valence-electron chi connectivity index (χ0n) is 13.7. The maximum absolute atomic E-state index is 5.12. The lowest BCUT2D eigenvalue weighted by molar-refractivity contribution is 0.398. The summed E-state index contributed by atoms with van der Waals surface area (Å²) in [6, 6.07) is 3.78. The summed E-state index contributed by atoms with van der Waals surface area (Å²) in [7, 11) is 3.57. The number of hydrogen-bond acceptors (Lipinski definition) is 7. The lowest BCUT2D eigenvalue weighted by Gasteiger charge is -2.28. The average Bonchev–Trinajstić information content (AvgIpc) is 2.99. The molecule has 1 aliphatic rings. The van der Waals surface area contributed by atoms with Crippen molar-refractivity contribution in [3.63, 3.8) is 0 Å². The SMILES string of the molecule is COc1ccc(-c2nc3c(N4CCNCC4)ncnc3n2C)cn1. The van der Waals surface area contributed by atoms with Crippen molar-refractivity contribution in [3.8, 4) is 17.3 Å². The number of piperazine rings is 1. The Labute approximate surface area is 139 Å². The molecule has 24 heavy (non-hydrogen) atoms. The molecule has 0 aliphatic carbocycles. The maximum Gasteiger partial charge on any atom is 0.212 e. The van der Waals surface area contributed by atoms with Gasteiger partial charge in [0.1, 0.15) is 12.2 Å². The largest absolute Gasteiger partial charge is 0.481 e. The van der Waals surface area contributed by atoms with Gasteiger partial charge in [0, 0.05) is 51.1 Å². The lowest BCUT2D eigenvalue weighted by atomic mass is 10.3. The third-order valence-corrected chi connectivity index (χ3v) is 4.26. The van der Waals surface area contributed by atoms with Crippen molar-refractivity contribution in [2.45, 2.75) is 0 Å². The summed E-state index contributed by atoms with van der Waals surface area (Å²) < 4.78 is 7.10. The van der Waals surface area contributed by atoms with Crippen molar-refractivity contribution in [1.82, 2.24) is 29.8 Å². The van der Waals surface area contributed by atoms with Crippen LogP contribution in [0.2, 0.25) is 0 Å². The molecule has 3 aromatic heterocycles. The Morgan fingerprint density at radius 1 is 1.12 bits per heavy atom. The molecule has 0 saturated carbocycles. The average molecular weight is 325 g/mol. The predicted molar refractivity (Wildman–Crippen MR) is 91.2 cm³/mol. The van der Waals surface area contributed by atoms with E-state index in [1.54, 1.807) is 19.6 Å². The number of nitrogens with zero attached hydrogens (tertiary/aromatic N) is 6. The standard InChI is InChI=1S/C16H19N7O/c1-22-14(11-3-4-12(24-2)18-9-11)21-13-15(22)19-10-20-16(13)23-7-5-17-6-8-23/h3-4,9-10,17H,5-8H2,1-2H3. The van der Waals surface area contributed by atoms with Gasteiger partial charge in [0.2, 0.25) is 5.88 Å². The molecule has 0 unspecified atom stereocenters. The fourth-order valence-electron chi connectivity index (χ4n) is 2.99. The second-order valence-corrected chi connectivity index (χ2v) is 5.69. The van der Waals surface area contributed by atoms with E-state index in [0.29, 0.717) is 5.88 Å². The Morgan fingerprint density at radius 3 is 2.67 bits per heavy atom. The number of imidazole rings is 1. The summed E-state index contributed by atoms with van der Waals surface area (Å²) in [5.41, 5.74) is 2.57. The van der Waals surface area contributed by atoms with Gasteiger partial charge in [0.05, 0.1) is 7.11 Å². The van der Waals surface area contributed by atoms with Crippen molar-refractivity contribution in [2.24, 2.45) is 7.05 Å². The van der Waals surface area contributed by atoms with Crippen LogP contribution in [0.3, 0.4) is 0 Å². The van der Waals surface area contributed by atoms with E-state index in [-0.39, 0.29) is 0 Å². The summed E-state index contributed by atoms with van der Waals surface area (Å²) in [4.78, 5) is 20.2. The molecule has 8 heteroatoms. The number of aryl methyl sites for hydroxylation is 1. The van der Waals surface area contributed by atoms with Gasteiger partial charge in [0.15, 0.2) is 17.0 Å². The first-order chi connectivity index (χ1) is 11.8. The second kappa shape index (κ2) is 6.04. The van der Waals surface area contributed by atoms with Gasteiger partial charge in [-0.2, -0.15) is 0 Å². The Bertz CT molecular complexity index is 853. The van der Waals surface area contributed by atoms with Gasteiger partial charge >= 0.3 is 0 Å². The predicted octanol–water partition coefficient (Wildman–Crippen LogP) is 0.843. The molecular weight excluding hydrogens is 306 g/mol. The minimum Gasteiger partial charge on any atom is -0.481 e. The number of pyridine rings is 1. The first-order valence-electron chi connectivity index (χ1n) is 7.91. The highest BCUT2D eigenvalue weighted by Gasteiger charge is 2.20. The molecule has 0 amide bonds. The first-order valence-corrected chi connectivity index (χ1v) is 7.91. The maximum atomic E-state index is 5.12. The molecule has 0 aromatic carbocycles. The number of anilines is 1. The fraction of sp³-hybridized carbons (Fsp3) is 0.375. The molecule has 1 aliphatic heterocycles. The number of aromatic nitrogens is 5. The highest BCUT2D eigenvalue weighted by atomic mass is 16.5. The molecule has 0 bridgehead atoms. The molecule has 0 radical (unpaired) electrons. The number of rotatable bonds is 3. The number of nitrogens with one attached hydrogen (secondary N) is 1. The van der Waals surface area contributed by atoms with E-state index in [0.717, 1.165) is 54.5 Å². The van der Waals surface area contributed by atoms with Crippen LogP contribution in [0.5, 0.6) is 5.88 Å². The van der Waals surface area contributed by atoms with Crippen LogP contribution in [0.15, 0.2) is 24.7 Å². The molecule has 8 nitrogen and oxygen atoms in total. The minimum atomic E-state index is 0.582. The van der Waals surface area contributed by atoms with Crippen LogP contribution >= 0.6 is 0 Å². The van der Waals surface area contributed by atoms with E-state index in [9.17, 15) is 0 Å². The van der Waals surface area contributed by atoms with Gasteiger partial charge in [-0.1, -0.05) is 0 Å². The zero-order valence-corrected chi connectivity index (χ0v) is 13.7. The van der Waals surface area contributed by atoms with Crippen LogP contribution in [-0.4, -0.2) is 57.8 Å². The molecule has 124 valence electrons. The summed E-state index contributed by atoms with van der Waals surface area (Å²) in [5.74, 6) is 2.29. The Morgan fingerprint density at radius 2 is 1.96 bits per heavy atom. The van der Waals surface area contributed by atoms with Crippen LogP contribution in [0.4, 0.5) is 5.82 Å². The van der Waals surface area contributed by atoms with Crippen molar-refractivity contribution in [2.75, 3.05) is 38.2 Å². The number of hydrogen-bond donors (Lipinski definition) is 1. The van der Waals surface area contributed by atoms with Gasteiger partial charge in [0.25, 0.3) is 0 Å². The topological polar surface area (TPSA) is 81.0 Å². The van der Waals surface area contributed by atoms with E-state index in [1.165, 1.54) is 0 Å². The molecule has 1 saturated heterocycles. The van der Waals surface area contributed by atoms with Crippen molar-refractivity contribution in [3.05, 3.63) is 24.7 Å². The fourth-order valence-corrected chi connectivity index (χ4v) is 2.99. The number of ether oxygens (including phenoxy) is 1. The molecule has 4 rings (SSSR count). The molecule has 4 heterocycles. The van der Waals surface area contributed by atoms with Crippen molar-refractivity contribution in [1.29, 1.82) is 0 Å². The van der Waals surface area contributed by atoms with Gasteiger partial charge < -0.3 is 19.5 Å². The molecule has 1 fully saturated rings. The van der Waals surface area contributed by atoms with Gasteiger partial charge in [-0.25, -0.2) is 19.9 Å². The number of fused-ring (bicyclic) bond motifs is 1. The van der Waals surface area contributed by atoms with E-state index >= 15 is 0 Å². The van der Waals surface area contributed by atoms with Crippen LogP contribution in [0, 0.1) is 0 Å². The normalized spacial score (nSPS) is 15.0. The number of methoxy groups -OCH3 is 1. The lowest BCUT2D eigenvalue weighted by Crippen LogP contribution is -2.44. The van der Waals surface area contributed by atoms with E-state index in [4.69, 9.17) is 9.72 Å². The molecule has 0 atom stereocenters. The first kappa shape index (κ1) is 14.8. The zero-order chi connectivity index (χ0) is 16.5. The van der Waals surface area contributed by atoms with Gasteiger partial charge in [-0.05, 0) is 6.07 Å². The third-order valence-electron chi connectivity index (χ3n) is 4.26. The Balaban J connectivity index is 1.81. The van der Waals surface area contributed by atoms with Crippen molar-refractivity contribution >= 4 is 17.0 Å². The highest BCUT2D eigenvalue weighted by Crippen LogP contribution is 2.27. The van der Waals surface area contributed by atoms with E-state index in [1.807, 2.05) is 23.7 Å². The van der Waals surface area contributed by atoms with Gasteiger partial charge in [-0.3, -0.25) is 0 Å². The quantitative estimate of drug-likeness (QED) is 0.764. The molecule has 0 spiro atoms. The summed E-state index contributed by atoms with van der Waals surface area (Å²) in [5, 5.41) is 3.35. The molecule has 1 N–H and O–H groups in total. The van der Waals surface area contributed by atoms with Crippen LogP contribution in [0.1, 0.15) is 0 Å². The van der Waals surface area contributed by atoms with Crippen molar-refractivity contribution < 1.29 is 4.74 Å². The summed E-state index contributed by atoms with van der Waals surface area (Å²) in [6.07, 6.45) is 3.37. The minimum absolute atomic E-state index is 0.582. The van der Waals surface area contributed by atoms with Gasteiger partial charge in [-0.15, -0.1) is 0 Å². The summed E-state index contributed by atoms with van der Waals surface area (Å²) in [6.45, 7) is 3.74. The molecular formula is C16H19N7O. The van der Waals surface area contributed by atoms with E-state index < -0.39 is 0 Å². The monoisotopic (exact) mass is 325 g/mol. The van der Waals surface area contributed by atoms with Crippen LogP contribution in [-0.2, 0) is 7.05 Å². The second-order valence-electron chi connectivity index (χ2n) is 5.69. The van der Waals surface area contributed by atoms with Crippen LogP contribution < -0.4 is 15.0 Å². The Hall–Kier alpha value is -2.74. The highest BCUT2D eigenvalue weighted by molar-refractivity contribution is 5.86. The Kier molecular flexibility index (Phi) is 3.73. The summed E-state index contributed by atoms with van der Waals surface area (Å²) >= 11 is 0. The molecule has 3 aromatic rings. The third kappa shape index (κ3) is 2.44. The van der Waals surface area contributed by atoms with Crippen LogP contribution in [0.25, 0.3) is 22.6 Å². The smallest absolute Gasteiger partial charge is 0.212 e.